The maximum atomic E-state index is 14.4. The number of aliphatic imine (C=N–C) groups is 1. The van der Waals surface area contributed by atoms with Gasteiger partial charge in [0.05, 0.1) is 30.3 Å². The van der Waals surface area contributed by atoms with E-state index in [0.29, 0.717) is 50.4 Å². The highest BCUT2D eigenvalue weighted by Gasteiger charge is 2.61. The van der Waals surface area contributed by atoms with Crippen molar-refractivity contribution in [3.05, 3.63) is 125 Å². The average Bonchev–Trinajstić information content (AvgIpc) is 3.54. The summed E-state index contributed by atoms with van der Waals surface area (Å²) in [7, 11) is 1.60. The van der Waals surface area contributed by atoms with E-state index >= 15 is 0 Å². The largest absolute Gasteiger partial charge is 0.497 e. The summed E-state index contributed by atoms with van der Waals surface area (Å²) in [5, 5.41) is 19.5. The van der Waals surface area contributed by atoms with E-state index in [1.54, 1.807) is 30.0 Å². The van der Waals surface area contributed by atoms with E-state index in [9.17, 15) is 10.1 Å². The van der Waals surface area contributed by atoms with E-state index in [0.717, 1.165) is 11.3 Å². The van der Waals surface area contributed by atoms with Crippen molar-refractivity contribution < 1.29 is 9.53 Å². The lowest BCUT2D eigenvalue weighted by molar-refractivity contribution is -0.120. The number of fused-ring (bicyclic) bond motifs is 4. The summed E-state index contributed by atoms with van der Waals surface area (Å²) >= 11 is 6.55. The molecule has 2 aliphatic rings. The molecular formula is C33H22ClN5O2. The zero-order valence-corrected chi connectivity index (χ0v) is 22.6. The van der Waals surface area contributed by atoms with Gasteiger partial charge in [0.2, 0.25) is 5.91 Å². The van der Waals surface area contributed by atoms with Crippen LogP contribution in [0.2, 0.25) is 5.02 Å². The number of halogens is 1. The van der Waals surface area contributed by atoms with Crippen LogP contribution in [-0.2, 0) is 10.2 Å². The third-order valence-electron chi connectivity index (χ3n) is 7.76. The molecule has 0 saturated heterocycles. The van der Waals surface area contributed by atoms with Crippen molar-refractivity contribution >= 4 is 34.7 Å². The Balaban J connectivity index is 1.64. The molecule has 3 heterocycles. The molecule has 1 spiro atoms. The fourth-order valence-electron chi connectivity index (χ4n) is 5.93. The van der Waals surface area contributed by atoms with Gasteiger partial charge in [0.15, 0.2) is 5.82 Å². The topological polar surface area (TPSA) is 92.3 Å². The molecule has 0 bridgehead atoms. The molecular weight excluding hydrogens is 534 g/mol. The number of ether oxygens (including phenoxy) is 1. The number of nitrogens with zero attached hydrogens (tertiary/aromatic N) is 4. The standard InChI is InChI=1S/C33H22ClN5O2/c1-41-24-15-12-21(13-16-24)29-26(19-35)33(25-18-22(34)14-17-27(25)36-32(33)40)28-30(20-8-4-2-5-9-20)38-39(31(28)37-29)23-10-6-3-7-11-23/h2-18,26H,1H3,(H,36,40). The molecule has 2 aliphatic heterocycles. The summed E-state index contributed by atoms with van der Waals surface area (Å²) in [6, 6.07) is 34.4. The first-order chi connectivity index (χ1) is 20.1. The number of carbonyl (C=O) groups excluding carboxylic acids is 1. The SMILES string of the molecule is COc1ccc(C2=Nc3c(c(-c4ccccc4)nn3-c3ccccc3)C3(C(=O)Nc4ccc(Cl)cc43)C2C#N)cc1. The first kappa shape index (κ1) is 24.8. The number of nitrogens with one attached hydrogen (secondary N) is 1. The third kappa shape index (κ3) is 3.62. The number of para-hydroxylation sites is 1. The van der Waals surface area contributed by atoms with E-state index < -0.39 is 11.3 Å². The highest BCUT2D eigenvalue weighted by Crippen LogP contribution is 2.57. The number of methoxy groups -OCH3 is 1. The molecule has 8 heteroatoms. The predicted octanol–water partition coefficient (Wildman–Crippen LogP) is 6.71. The first-order valence-corrected chi connectivity index (χ1v) is 13.4. The molecule has 0 saturated carbocycles. The van der Waals surface area contributed by atoms with Crippen LogP contribution in [-0.4, -0.2) is 28.5 Å². The van der Waals surface area contributed by atoms with Gasteiger partial charge in [0, 0.05) is 21.8 Å². The Morgan fingerprint density at radius 2 is 1.66 bits per heavy atom. The molecule has 0 fully saturated rings. The molecule has 1 amide bonds. The second-order valence-corrected chi connectivity index (χ2v) is 10.3. The Bertz CT molecular complexity index is 1890. The summed E-state index contributed by atoms with van der Waals surface area (Å²) in [6.45, 7) is 0. The van der Waals surface area contributed by atoms with Crippen molar-refractivity contribution in [2.24, 2.45) is 10.9 Å². The minimum absolute atomic E-state index is 0.326. The van der Waals surface area contributed by atoms with Crippen LogP contribution in [0, 0.1) is 17.2 Å². The van der Waals surface area contributed by atoms with Crippen LogP contribution < -0.4 is 10.1 Å². The number of amides is 1. The molecule has 198 valence electrons. The van der Waals surface area contributed by atoms with Crippen LogP contribution >= 0.6 is 11.6 Å². The Morgan fingerprint density at radius 1 is 0.951 bits per heavy atom. The summed E-state index contributed by atoms with van der Waals surface area (Å²) in [4.78, 5) is 19.6. The highest BCUT2D eigenvalue weighted by molar-refractivity contribution is 6.31. The van der Waals surface area contributed by atoms with Gasteiger partial charge in [-0.05, 0) is 65.7 Å². The Hall–Kier alpha value is -5.19. The van der Waals surface area contributed by atoms with Gasteiger partial charge in [-0.3, -0.25) is 4.79 Å². The van der Waals surface area contributed by atoms with Crippen LogP contribution in [0.15, 0.2) is 108 Å². The van der Waals surface area contributed by atoms with Gasteiger partial charge in [-0.15, -0.1) is 0 Å². The minimum Gasteiger partial charge on any atom is -0.497 e. The normalized spacial score (nSPS) is 18.7. The van der Waals surface area contributed by atoms with E-state index in [4.69, 9.17) is 26.4 Å². The Labute approximate surface area is 241 Å². The van der Waals surface area contributed by atoms with E-state index in [2.05, 4.69) is 11.4 Å². The fourth-order valence-corrected chi connectivity index (χ4v) is 6.10. The number of aromatic nitrogens is 2. The van der Waals surface area contributed by atoms with Crippen LogP contribution in [0.1, 0.15) is 16.7 Å². The summed E-state index contributed by atoms with van der Waals surface area (Å²) in [5.41, 5.74) is 3.64. The van der Waals surface area contributed by atoms with Gasteiger partial charge in [0.25, 0.3) is 0 Å². The lowest BCUT2D eigenvalue weighted by Gasteiger charge is -2.36. The number of benzene rings is 4. The maximum Gasteiger partial charge on any atom is 0.241 e. The average molecular weight is 556 g/mol. The van der Waals surface area contributed by atoms with Gasteiger partial charge in [-0.25, -0.2) is 9.67 Å². The van der Waals surface area contributed by atoms with E-state index in [1.807, 2.05) is 84.9 Å². The second kappa shape index (κ2) is 9.47. The van der Waals surface area contributed by atoms with Crippen LogP contribution in [0.25, 0.3) is 16.9 Å². The third-order valence-corrected chi connectivity index (χ3v) is 8.00. The van der Waals surface area contributed by atoms with E-state index in [1.165, 1.54) is 0 Å². The molecule has 7 rings (SSSR count). The van der Waals surface area contributed by atoms with Crippen LogP contribution in [0.3, 0.4) is 0 Å². The van der Waals surface area contributed by atoms with Crippen molar-refractivity contribution in [3.8, 4) is 28.8 Å². The zero-order valence-electron chi connectivity index (χ0n) is 21.9. The molecule has 0 aliphatic carbocycles. The quantitative estimate of drug-likeness (QED) is 0.266. The van der Waals surface area contributed by atoms with Crippen molar-refractivity contribution in [2.45, 2.75) is 5.41 Å². The fraction of sp³-hybridized carbons (Fsp3) is 0.0909. The predicted molar refractivity (Wildman–Crippen MR) is 158 cm³/mol. The smallest absolute Gasteiger partial charge is 0.241 e. The van der Waals surface area contributed by atoms with Gasteiger partial charge in [-0.2, -0.15) is 10.4 Å². The monoisotopic (exact) mass is 555 g/mol. The van der Waals surface area contributed by atoms with Crippen molar-refractivity contribution in [1.29, 1.82) is 5.26 Å². The van der Waals surface area contributed by atoms with Crippen molar-refractivity contribution in [3.63, 3.8) is 0 Å². The first-order valence-electron chi connectivity index (χ1n) is 13.0. The zero-order chi connectivity index (χ0) is 28.1. The Kier molecular flexibility index (Phi) is 5.74. The Morgan fingerprint density at radius 3 is 2.34 bits per heavy atom. The number of anilines is 1. The van der Waals surface area contributed by atoms with Gasteiger partial charge in [-0.1, -0.05) is 60.1 Å². The molecule has 1 aromatic heterocycles. The molecule has 2 unspecified atom stereocenters. The highest BCUT2D eigenvalue weighted by atomic mass is 35.5. The van der Waals surface area contributed by atoms with Crippen molar-refractivity contribution in [1.82, 2.24) is 9.78 Å². The van der Waals surface area contributed by atoms with E-state index in [-0.39, 0.29) is 5.91 Å². The van der Waals surface area contributed by atoms with Crippen LogP contribution in [0.5, 0.6) is 5.75 Å². The second-order valence-electron chi connectivity index (χ2n) is 9.90. The summed E-state index contributed by atoms with van der Waals surface area (Å²) in [6.07, 6.45) is 0. The minimum atomic E-state index is -1.47. The lowest BCUT2D eigenvalue weighted by atomic mass is 9.62. The molecule has 4 aromatic carbocycles. The van der Waals surface area contributed by atoms with Gasteiger partial charge in [0.1, 0.15) is 17.1 Å². The van der Waals surface area contributed by atoms with Crippen LogP contribution in [0.4, 0.5) is 11.5 Å². The molecule has 41 heavy (non-hydrogen) atoms. The lowest BCUT2D eigenvalue weighted by Crippen LogP contribution is -2.48. The number of nitriles is 1. The molecule has 5 aromatic rings. The number of hydrogen-bond donors (Lipinski definition) is 1. The molecule has 2 atom stereocenters. The molecule has 7 nitrogen and oxygen atoms in total. The maximum absolute atomic E-state index is 14.4. The number of hydrogen-bond acceptors (Lipinski definition) is 5. The van der Waals surface area contributed by atoms with Gasteiger partial charge < -0.3 is 10.1 Å². The summed E-state index contributed by atoms with van der Waals surface area (Å²) in [5.74, 6) is -0.159. The summed E-state index contributed by atoms with van der Waals surface area (Å²) < 4.78 is 7.12. The number of carbonyl (C=O) groups is 1. The molecule has 1 N–H and O–H groups in total. The van der Waals surface area contributed by atoms with Crippen molar-refractivity contribution in [2.75, 3.05) is 12.4 Å². The number of rotatable bonds is 4. The van der Waals surface area contributed by atoms with Gasteiger partial charge >= 0.3 is 0 Å². The molecule has 0 radical (unpaired) electrons.